The van der Waals surface area contributed by atoms with Crippen molar-refractivity contribution in [3.63, 3.8) is 0 Å². The number of nitrogens with two attached hydrogens (primary N) is 1. The van der Waals surface area contributed by atoms with Gasteiger partial charge in [0.15, 0.2) is 0 Å². The molecule has 0 aliphatic heterocycles. The zero-order chi connectivity index (χ0) is 13.1. The first-order chi connectivity index (χ1) is 8.58. The second-order valence-electron chi connectivity index (χ2n) is 4.48. The maximum atomic E-state index is 5.84. The molecule has 2 aromatic heterocycles. The third-order valence-electron chi connectivity index (χ3n) is 2.64. The first-order valence-corrected chi connectivity index (χ1v) is 6.17. The van der Waals surface area contributed by atoms with Gasteiger partial charge in [0.2, 0.25) is 0 Å². The Balaban J connectivity index is 2.49. The van der Waals surface area contributed by atoms with Crippen LogP contribution in [0.3, 0.4) is 0 Å². The highest BCUT2D eigenvalue weighted by molar-refractivity contribution is 5.62. The lowest BCUT2D eigenvalue weighted by atomic mass is 10.1. The molecule has 0 amide bonds. The summed E-state index contributed by atoms with van der Waals surface area (Å²) in [5.74, 6) is 1.33. The zero-order valence-corrected chi connectivity index (χ0v) is 11.1. The lowest BCUT2D eigenvalue weighted by Gasteiger charge is -2.07. The van der Waals surface area contributed by atoms with Crippen LogP contribution >= 0.6 is 0 Å². The molecule has 0 radical (unpaired) electrons. The Morgan fingerprint density at radius 3 is 2.28 bits per heavy atom. The molecule has 0 spiro atoms. The summed E-state index contributed by atoms with van der Waals surface area (Å²) < 4.78 is 0. The van der Waals surface area contributed by atoms with Gasteiger partial charge in [0.25, 0.3) is 0 Å². The fourth-order valence-electron chi connectivity index (χ4n) is 1.98. The van der Waals surface area contributed by atoms with Gasteiger partial charge in [0, 0.05) is 29.4 Å². The van der Waals surface area contributed by atoms with Gasteiger partial charge in [-0.2, -0.15) is 0 Å². The van der Waals surface area contributed by atoms with Crippen LogP contribution < -0.4 is 5.73 Å². The number of hydrogen-bond donors (Lipinski definition) is 1. The van der Waals surface area contributed by atoms with Crippen LogP contribution in [0.5, 0.6) is 0 Å². The van der Waals surface area contributed by atoms with Crippen molar-refractivity contribution in [2.45, 2.75) is 33.6 Å². The molecule has 2 rings (SSSR count). The van der Waals surface area contributed by atoms with Gasteiger partial charge in [-0.25, -0.2) is 9.97 Å². The molecule has 0 aliphatic rings. The van der Waals surface area contributed by atoms with E-state index < -0.39 is 0 Å². The number of anilines is 1. The van der Waals surface area contributed by atoms with E-state index >= 15 is 0 Å². The van der Waals surface area contributed by atoms with E-state index in [0.29, 0.717) is 5.82 Å². The first kappa shape index (κ1) is 12.5. The summed E-state index contributed by atoms with van der Waals surface area (Å²) in [5.41, 5.74) is 9.73. The highest BCUT2D eigenvalue weighted by Gasteiger charge is 2.06. The predicted molar refractivity (Wildman–Crippen MR) is 73.1 cm³/mol. The summed E-state index contributed by atoms with van der Waals surface area (Å²) in [6, 6.07) is 5.85. The number of aryl methyl sites for hydroxylation is 3. The predicted octanol–water partition coefficient (Wildman–Crippen LogP) is 2.69. The van der Waals surface area contributed by atoms with Gasteiger partial charge in [-0.3, -0.25) is 4.98 Å². The SMILES string of the molecule is CCCc1nc(N)cc(-c2cc(C)nc(C)c2)n1. The molecular formula is C14H18N4. The Bertz CT molecular complexity index is 543. The molecule has 0 aliphatic carbocycles. The molecule has 94 valence electrons. The van der Waals surface area contributed by atoms with E-state index in [4.69, 9.17) is 5.73 Å². The molecule has 0 fully saturated rings. The van der Waals surface area contributed by atoms with Crippen molar-refractivity contribution in [1.29, 1.82) is 0 Å². The largest absolute Gasteiger partial charge is 0.384 e. The van der Waals surface area contributed by atoms with Crippen molar-refractivity contribution in [1.82, 2.24) is 15.0 Å². The van der Waals surface area contributed by atoms with Crippen LogP contribution in [-0.2, 0) is 6.42 Å². The Hall–Kier alpha value is -1.97. The fraction of sp³-hybridized carbons (Fsp3) is 0.357. The summed E-state index contributed by atoms with van der Waals surface area (Å²) >= 11 is 0. The molecule has 0 aromatic carbocycles. The normalized spacial score (nSPS) is 10.6. The van der Waals surface area contributed by atoms with Crippen LogP contribution in [0.15, 0.2) is 18.2 Å². The van der Waals surface area contributed by atoms with Gasteiger partial charge < -0.3 is 5.73 Å². The van der Waals surface area contributed by atoms with E-state index in [9.17, 15) is 0 Å². The van der Waals surface area contributed by atoms with E-state index in [-0.39, 0.29) is 0 Å². The minimum atomic E-state index is 0.524. The molecule has 0 atom stereocenters. The molecule has 2 N–H and O–H groups in total. The summed E-state index contributed by atoms with van der Waals surface area (Å²) in [6.45, 7) is 6.06. The maximum Gasteiger partial charge on any atom is 0.131 e. The summed E-state index contributed by atoms with van der Waals surface area (Å²) in [7, 11) is 0. The molecule has 2 heterocycles. The summed E-state index contributed by atoms with van der Waals surface area (Å²) in [5, 5.41) is 0. The van der Waals surface area contributed by atoms with Crippen molar-refractivity contribution < 1.29 is 0 Å². The van der Waals surface area contributed by atoms with Crippen LogP contribution in [-0.4, -0.2) is 15.0 Å². The quantitative estimate of drug-likeness (QED) is 0.898. The monoisotopic (exact) mass is 242 g/mol. The standard InChI is InChI=1S/C14H18N4/c1-4-5-14-17-12(8-13(15)18-14)11-6-9(2)16-10(3)7-11/h6-8H,4-5H2,1-3H3,(H2,15,17,18). The van der Waals surface area contributed by atoms with Gasteiger partial charge >= 0.3 is 0 Å². The maximum absolute atomic E-state index is 5.84. The topological polar surface area (TPSA) is 64.7 Å². The van der Waals surface area contributed by atoms with Crippen molar-refractivity contribution in [3.8, 4) is 11.3 Å². The molecule has 18 heavy (non-hydrogen) atoms. The molecule has 0 saturated heterocycles. The lowest BCUT2D eigenvalue weighted by molar-refractivity contribution is 0.839. The molecule has 4 heteroatoms. The van der Waals surface area contributed by atoms with E-state index in [1.54, 1.807) is 0 Å². The number of hydrogen-bond acceptors (Lipinski definition) is 4. The smallest absolute Gasteiger partial charge is 0.131 e. The Labute approximate surface area is 107 Å². The Morgan fingerprint density at radius 1 is 1.00 bits per heavy atom. The first-order valence-electron chi connectivity index (χ1n) is 6.17. The Kier molecular flexibility index (Phi) is 3.55. The van der Waals surface area contributed by atoms with Crippen LogP contribution in [0, 0.1) is 13.8 Å². The van der Waals surface area contributed by atoms with E-state index in [1.165, 1.54) is 0 Å². The molecule has 0 saturated carbocycles. The van der Waals surface area contributed by atoms with Crippen LogP contribution in [0.2, 0.25) is 0 Å². The highest BCUT2D eigenvalue weighted by Crippen LogP contribution is 2.20. The zero-order valence-electron chi connectivity index (χ0n) is 11.1. The second kappa shape index (κ2) is 5.12. The van der Waals surface area contributed by atoms with E-state index in [0.717, 1.165) is 41.3 Å². The molecule has 0 bridgehead atoms. The minimum absolute atomic E-state index is 0.524. The van der Waals surface area contributed by atoms with E-state index in [2.05, 4.69) is 21.9 Å². The number of nitrogens with zero attached hydrogens (tertiary/aromatic N) is 3. The molecule has 0 unspecified atom stereocenters. The Morgan fingerprint density at radius 2 is 1.67 bits per heavy atom. The lowest BCUT2D eigenvalue weighted by Crippen LogP contribution is -2.01. The van der Waals surface area contributed by atoms with Crippen molar-refractivity contribution in [2.75, 3.05) is 5.73 Å². The number of nitrogen functional groups attached to an aromatic ring is 1. The molecule has 4 nitrogen and oxygen atoms in total. The van der Waals surface area contributed by atoms with Crippen LogP contribution in [0.25, 0.3) is 11.3 Å². The van der Waals surface area contributed by atoms with Crippen LogP contribution in [0.1, 0.15) is 30.6 Å². The number of aromatic nitrogens is 3. The average Bonchev–Trinajstić information content (AvgIpc) is 2.27. The van der Waals surface area contributed by atoms with Gasteiger partial charge in [-0.05, 0) is 32.4 Å². The molecular weight excluding hydrogens is 224 g/mol. The van der Waals surface area contributed by atoms with Gasteiger partial charge in [0.1, 0.15) is 11.6 Å². The molecule has 2 aromatic rings. The minimum Gasteiger partial charge on any atom is -0.384 e. The van der Waals surface area contributed by atoms with Crippen molar-refractivity contribution in [3.05, 3.63) is 35.4 Å². The average molecular weight is 242 g/mol. The third-order valence-corrected chi connectivity index (χ3v) is 2.64. The van der Waals surface area contributed by atoms with Crippen molar-refractivity contribution in [2.24, 2.45) is 0 Å². The van der Waals surface area contributed by atoms with Crippen molar-refractivity contribution >= 4 is 5.82 Å². The van der Waals surface area contributed by atoms with E-state index in [1.807, 2.05) is 32.0 Å². The third kappa shape index (κ3) is 2.83. The van der Waals surface area contributed by atoms with Gasteiger partial charge in [0.05, 0.1) is 5.69 Å². The van der Waals surface area contributed by atoms with Gasteiger partial charge in [-0.15, -0.1) is 0 Å². The highest BCUT2D eigenvalue weighted by atomic mass is 14.9. The van der Waals surface area contributed by atoms with Crippen LogP contribution in [0.4, 0.5) is 5.82 Å². The summed E-state index contributed by atoms with van der Waals surface area (Å²) in [4.78, 5) is 13.2. The van der Waals surface area contributed by atoms with Gasteiger partial charge in [-0.1, -0.05) is 6.92 Å². The number of rotatable bonds is 3. The second-order valence-corrected chi connectivity index (χ2v) is 4.48. The summed E-state index contributed by atoms with van der Waals surface area (Å²) in [6.07, 6.45) is 1.86. The number of pyridine rings is 1. The fourth-order valence-corrected chi connectivity index (χ4v) is 1.98.